The number of piperidine rings is 1. The number of hydroxylamine groups is 2. The van der Waals surface area contributed by atoms with Crippen LogP contribution in [0.2, 0.25) is 0 Å². The van der Waals surface area contributed by atoms with E-state index in [2.05, 4.69) is 12.0 Å². The minimum atomic E-state index is -0.123. The van der Waals surface area contributed by atoms with Gasteiger partial charge in [-0.1, -0.05) is 0 Å². The summed E-state index contributed by atoms with van der Waals surface area (Å²) in [5.41, 5.74) is 0.178. The van der Waals surface area contributed by atoms with E-state index in [4.69, 9.17) is 9.57 Å². The van der Waals surface area contributed by atoms with Gasteiger partial charge in [0.2, 0.25) is 0 Å². The van der Waals surface area contributed by atoms with Crippen LogP contribution in [0.1, 0.15) is 39.0 Å². The highest BCUT2D eigenvalue weighted by Gasteiger charge is 2.59. The number of ether oxygens (including phenoxy) is 1. The van der Waals surface area contributed by atoms with Gasteiger partial charge >= 0.3 is 5.97 Å². The van der Waals surface area contributed by atoms with Crippen molar-refractivity contribution in [3.05, 3.63) is 0 Å². The third-order valence-corrected chi connectivity index (χ3v) is 5.22. The molecule has 2 saturated heterocycles. The standard InChI is InChI=1S/C13H21NO3/c1-13-9-3-4-10(13)8-17-14(13)11(6-5-9)7-12(15)16-2/h9-11H,3-8H2,1-2H3/t9-,10+,11+,13+/m0/s1. The molecular weight excluding hydrogens is 218 g/mol. The highest BCUT2D eigenvalue weighted by atomic mass is 16.7. The molecule has 0 bridgehead atoms. The second-order valence-corrected chi connectivity index (χ2v) is 5.83. The number of esters is 1. The van der Waals surface area contributed by atoms with E-state index in [0.29, 0.717) is 12.3 Å². The third-order valence-electron chi connectivity index (χ3n) is 5.22. The van der Waals surface area contributed by atoms with Crippen LogP contribution in [0.25, 0.3) is 0 Å². The fourth-order valence-corrected chi connectivity index (χ4v) is 4.15. The third kappa shape index (κ3) is 1.54. The topological polar surface area (TPSA) is 38.8 Å². The molecule has 0 amide bonds. The first-order valence-electron chi connectivity index (χ1n) is 6.65. The van der Waals surface area contributed by atoms with Gasteiger partial charge in [0.25, 0.3) is 0 Å². The molecule has 0 aromatic heterocycles. The number of carbonyl (C=O) groups is 1. The number of carbonyl (C=O) groups excluding carboxylic acids is 1. The minimum Gasteiger partial charge on any atom is -0.469 e. The molecule has 1 aliphatic carbocycles. The molecule has 4 atom stereocenters. The molecule has 3 fully saturated rings. The summed E-state index contributed by atoms with van der Waals surface area (Å²) in [6, 6.07) is 0.215. The van der Waals surface area contributed by atoms with Crippen LogP contribution in [0.3, 0.4) is 0 Å². The minimum absolute atomic E-state index is 0.123. The largest absolute Gasteiger partial charge is 0.469 e. The van der Waals surface area contributed by atoms with Crippen molar-refractivity contribution in [3.8, 4) is 0 Å². The molecule has 0 aromatic carbocycles. The van der Waals surface area contributed by atoms with E-state index in [9.17, 15) is 4.79 Å². The van der Waals surface area contributed by atoms with Gasteiger partial charge in [-0.05, 0) is 38.5 Å². The van der Waals surface area contributed by atoms with E-state index in [0.717, 1.165) is 18.9 Å². The predicted octanol–water partition coefficient (Wildman–Crippen LogP) is 1.74. The molecule has 3 aliphatic rings. The summed E-state index contributed by atoms with van der Waals surface area (Å²) in [6.07, 6.45) is 5.36. The highest BCUT2D eigenvalue weighted by molar-refractivity contribution is 5.69. The van der Waals surface area contributed by atoms with Crippen LogP contribution in [0.4, 0.5) is 0 Å². The van der Waals surface area contributed by atoms with Crippen LogP contribution in [0, 0.1) is 11.8 Å². The lowest BCUT2D eigenvalue weighted by Crippen LogP contribution is -2.55. The first-order chi connectivity index (χ1) is 8.16. The van der Waals surface area contributed by atoms with Crippen molar-refractivity contribution in [2.75, 3.05) is 13.7 Å². The van der Waals surface area contributed by atoms with Crippen LogP contribution >= 0.6 is 0 Å². The number of hydrogen-bond donors (Lipinski definition) is 0. The van der Waals surface area contributed by atoms with Crippen molar-refractivity contribution in [1.29, 1.82) is 0 Å². The van der Waals surface area contributed by atoms with Crippen LogP contribution in [-0.2, 0) is 14.4 Å². The summed E-state index contributed by atoms with van der Waals surface area (Å²) >= 11 is 0. The lowest BCUT2D eigenvalue weighted by Gasteiger charge is -2.46. The van der Waals surface area contributed by atoms with E-state index in [1.807, 2.05) is 0 Å². The van der Waals surface area contributed by atoms with Crippen LogP contribution in [-0.4, -0.2) is 36.3 Å². The van der Waals surface area contributed by atoms with Gasteiger partial charge < -0.3 is 4.74 Å². The Hall–Kier alpha value is -0.610. The number of nitrogens with zero attached hydrogens (tertiary/aromatic N) is 1. The fraction of sp³-hybridized carbons (Fsp3) is 0.923. The lowest BCUT2D eigenvalue weighted by atomic mass is 9.75. The maximum atomic E-state index is 11.4. The molecule has 0 radical (unpaired) electrons. The Bertz CT molecular complexity index is 333. The zero-order valence-corrected chi connectivity index (χ0v) is 10.6. The monoisotopic (exact) mass is 239 g/mol. The van der Waals surface area contributed by atoms with Crippen molar-refractivity contribution in [2.45, 2.75) is 50.6 Å². The molecule has 0 unspecified atom stereocenters. The van der Waals surface area contributed by atoms with E-state index in [1.54, 1.807) is 0 Å². The van der Waals surface area contributed by atoms with Gasteiger partial charge in [-0.3, -0.25) is 9.63 Å². The molecule has 0 N–H and O–H groups in total. The summed E-state index contributed by atoms with van der Waals surface area (Å²) < 4.78 is 4.78. The second kappa shape index (κ2) is 3.95. The van der Waals surface area contributed by atoms with Crippen molar-refractivity contribution < 1.29 is 14.4 Å². The summed E-state index contributed by atoms with van der Waals surface area (Å²) in [5, 5.41) is 2.15. The smallest absolute Gasteiger partial charge is 0.307 e. The molecule has 2 aliphatic heterocycles. The zero-order chi connectivity index (χ0) is 12.0. The number of rotatable bonds is 2. The first-order valence-corrected chi connectivity index (χ1v) is 6.65. The van der Waals surface area contributed by atoms with Crippen molar-refractivity contribution >= 4 is 5.97 Å². The molecule has 3 rings (SSSR count). The summed E-state index contributed by atoms with van der Waals surface area (Å²) in [5.74, 6) is 1.29. The van der Waals surface area contributed by atoms with E-state index in [-0.39, 0.29) is 17.6 Å². The Kier molecular flexibility index (Phi) is 2.67. The van der Waals surface area contributed by atoms with Crippen molar-refractivity contribution in [1.82, 2.24) is 5.06 Å². The molecule has 4 heteroatoms. The maximum Gasteiger partial charge on any atom is 0.307 e. The normalized spacial score (nSPS) is 44.7. The van der Waals surface area contributed by atoms with E-state index < -0.39 is 0 Å². The van der Waals surface area contributed by atoms with Gasteiger partial charge in [-0.25, -0.2) is 0 Å². The maximum absolute atomic E-state index is 11.4. The molecule has 0 spiro atoms. The van der Waals surface area contributed by atoms with Crippen molar-refractivity contribution in [3.63, 3.8) is 0 Å². The second-order valence-electron chi connectivity index (χ2n) is 5.83. The van der Waals surface area contributed by atoms with Crippen LogP contribution in [0.5, 0.6) is 0 Å². The Labute approximate surface area is 102 Å². The van der Waals surface area contributed by atoms with Gasteiger partial charge in [0.1, 0.15) is 0 Å². The van der Waals surface area contributed by atoms with E-state index >= 15 is 0 Å². The summed E-state index contributed by atoms with van der Waals surface area (Å²) in [7, 11) is 1.46. The average Bonchev–Trinajstić information content (AvgIpc) is 2.82. The molecule has 2 heterocycles. The summed E-state index contributed by atoms with van der Waals surface area (Å²) in [4.78, 5) is 17.3. The molecule has 0 aromatic rings. The zero-order valence-electron chi connectivity index (χ0n) is 10.6. The fourth-order valence-electron chi connectivity index (χ4n) is 4.15. The predicted molar refractivity (Wildman–Crippen MR) is 62.1 cm³/mol. The molecule has 1 saturated carbocycles. The Morgan fingerprint density at radius 1 is 1.35 bits per heavy atom. The van der Waals surface area contributed by atoms with Gasteiger partial charge in [0, 0.05) is 12.0 Å². The molecule has 4 nitrogen and oxygen atoms in total. The Morgan fingerprint density at radius 3 is 2.82 bits per heavy atom. The van der Waals surface area contributed by atoms with E-state index in [1.165, 1.54) is 26.4 Å². The van der Waals surface area contributed by atoms with Crippen LogP contribution < -0.4 is 0 Å². The molecular formula is C13H21NO3. The van der Waals surface area contributed by atoms with Gasteiger partial charge in [0.15, 0.2) is 0 Å². The number of methoxy groups -OCH3 is 1. The SMILES string of the molecule is COC(=O)C[C@H]1CC[C@@H]2CC[C@@H]3CON1[C@]23C. The van der Waals surface area contributed by atoms with Gasteiger partial charge in [0.05, 0.1) is 25.7 Å². The van der Waals surface area contributed by atoms with Crippen molar-refractivity contribution in [2.24, 2.45) is 11.8 Å². The Morgan fingerprint density at radius 2 is 2.06 bits per heavy atom. The highest BCUT2D eigenvalue weighted by Crippen LogP contribution is 2.54. The summed E-state index contributed by atoms with van der Waals surface area (Å²) in [6.45, 7) is 3.16. The lowest BCUT2D eigenvalue weighted by molar-refractivity contribution is -0.220. The molecule has 17 heavy (non-hydrogen) atoms. The van der Waals surface area contributed by atoms with Gasteiger partial charge in [-0.15, -0.1) is 0 Å². The first kappa shape index (κ1) is 11.5. The number of hydrogen-bond acceptors (Lipinski definition) is 4. The molecule has 96 valence electrons. The average molecular weight is 239 g/mol. The Balaban J connectivity index is 1.79. The quantitative estimate of drug-likeness (QED) is 0.688. The van der Waals surface area contributed by atoms with Gasteiger partial charge in [-0.2, -0.15) is 5.06 Å². The van der Waals surface area contributed by atoms with Crippen LogP contribution in [0.15, 0.2) is 0 Å².